The Morgan fingerprint density at radius 1 is 1.03 bits per heavy atom. The summed E-state index contributed by atoms with van der Waals surface area (Å²) in [5, 5.41) is 13.3. The Morgan fingerprint density at radius 2 is 1.79 bits per heavy atom. The van der Waals surface area contributed by atoms with E-state index in [-0.39, 0.29) is 5.91 Å². The Balaban J connectivity index is 1.48. The minimum absolute atomic E-state index is 0.178. The number of benzene rings is 3. The summed E-state index contributed by atoms with van der Waals surface area (Å²) in [5.41, 5.74) is 4.58. The van der Waals surface area contributed by atoms with Crippen molar-refractivity contribution in [3.8, 4) is 17.2 Å². The van der Waals surface area contributed by atoms with Gasteiger partial charge >= 0.3 is 0 Å². The number of fused-ring (bicyclic) bond motifs is 1. The van der Waals surface area contributed by atoms with E-state index < -0.39 is 0 Å². The maximum absolute atomic E-state index is 12.8. The fourth-order valence-electron chi connectivity index (χ4n) is 3.44. The molecule has 166 valence electrons. The minimum atomic E-state index is -0.178. The summed E-state index contributed by atoms with van der Waals surface area (Å²) in [4.78, 5) is 21.8. The van der Waals surface area contributed by atoms with Gasteiger partial charge in [-0.3, -0.25) is 4.79 Å². The first kappa shape index (κ1) is 22.5. The van der Waals surface area contributed by atoms with Crippen molar-refractivity contribution in [1.82, 2.24) is 9.88 Å². The first-order valence-corrected chi connectivity index (χ1v) is 11.4. The third-order valence-corrected chi connectivity index (χ3v) is 6.48. The number of aromatic nitrogens is 1. The Morgan fingerprint density at radius 3 is 2.52 bits per heavy atom. The summed E-state index contributed by atoms with van der Waals surface area (Å²) < 4.78 is 1.03. The average molecular weight is 456 g/mol. The van der Waals surface area contributed by atoms with Crippen molar-refractivity contribution in [3.05, 3.63) is 77.9 Å². The lowest BCUT2D eigenvalue weighted by Gasteiger charge is -2.18. The van der Waals surface area contributed by atoms with Crippen LogP contribution in [0, 0.1) is 11.3 Å². The lowest BCUT2D eigenvalue weighted by atomic mass is 9.99. The van der Waals surface area contributed by atoms with Crippen LogP contribution >= 0.6 is 11.3 Å². The summed E-state index contributed by atoms with van der Waals surface area (Å²) in [6.45, 7) is 1.85. The number of anilines is 2. The van der Waals surface area contributed by atoms with Crippen LogP contribution in [0.25, 0.3) is 21.3 Å². The lowest BCUT2D eigenvalue weighted by Crippen LogP contribution is -2.28. The maximum atomic E-state index is 12.8. The minimum Gasteiger partial charge on any atom is -0.350 e. The molecule has 4 rings (SSSR count). The number of hydrogen-bond acceptors (Lipinski definition) is 6. The third-order valence-electron chi connectivity index (χ3n) is 5.35. The van der Waals surface area contributed by atoms with Crippen LogP contribution in [0.3, 0.4) is 0 Å². The monoisotopic (exact) mass is 455 g/mol. The van der Waals surface area contributed by atoms with E-state index in [1.54, 1.807) is 29.5 Å². The number of amides is 1. The second-order valence-electron chi connectivity index (χ2n) is 8.09. The molecule has 0 aliphatic carbocycles. The van der Waals surface area contributed by atoms with Crippen LogP contribution in [0.5, 0.6) is 0 Å². The summed E-state index contributed by atoms with van der Waals surface area (Å²) in [6.07, 6.45) is 0. The molecule has 1 N–H and O–H groups in total. The topological polar surface area (TPSA) is 72.3 Å². The lowest BCUT2D eigenvalue weighted by molar-refractivity contribution is 0.102. The number of carbonyl (C=O) groups excluding carboxylic acids is 1. The molecule has 0 saturated heterocycles. The molecule has 0 aliphatic heterocycles. The molecule has 1 heterocycles. The highest BCUT2D eigenvalue weighted by Crippen LogP contribution is 2.30. The Hall–Kier alpha value is -3.73. The molecule has 0 atom stereocenters. The molecule has 6 nitrogen and oxygen atoms in total. The average Bonchev–Trinajstić information content (AvgIpc) is 3.26. The summed E-state index contributed by atoms with van der Waals surface area (Å²) in [5.74, 6) is -0.178. The van der Waals surface area contributed by atoms with Gasteiger partial charge in [-0.25, -0.2) is 4.98 Å². The summed E-state index contributed by atoms with van der Waals surface area (Å²) >= 11 is 1.62. The van der Waals surface area contributed by atoms with E-state index in [4.69, 9.17) is 4.98 Å². The molecule has 1 aromatic heterocycles. The zero-order valence-corrected chi connectivity index (χ0v) is 19.7. The van der Waals surface area contributed by atoms with Crippen LogP contribution in [0.15, 0.2) is 66.7 Å². The predicted octanol–water partition coefficient (Wildman–Crippen LogP) is 5.09. The number of likely N-dealkylation sites (N-methyl/N-ethyl adjacent to an activating group) is 2. The Labute approximate surface area is 197 Å². The van der Waals surface area contributed by atoms with Crippen LogP contribution in [0.4, 0.5) is 10.8 Å². The first-order chi connectivity index (χ1) is 15.9. The molecule has 1 amide bonds. The number of nitrogens with one attached hydrogen (secondary N) is 1. The van der Waals surface area contributed by atoms with Crippen molar-refractivity contribution in [2.75, 3.05) is 44.4 Å². The number of nitriles is 1. The van der Waals surface area contributed by atoms with Crippen LogP contribution in [0.2, 0.25) is 0 Å². The number of rotatable bonds is 7. The van der Waals surface area contributed by atoms with E-state index in [1.165, 1.54) is 0 Å². The molecule has 0 aliphatic rings. The van der Waals surface area contributed by atoms with Gasteiger partial charge in [-0.15, -0.1) is 0 Å². The van der Waals surface area contributed by atoms with Gasteiger partial charge in [-0.2, -0.15) is 5.26 Å². The zero-order chi connectivity index (χ0) is 23.4. The molecule has 0 spiro atoms. The van der Waals surface area contributed by atoms with Gasteiger partial charge in [0, 0.05) is 31.4 Å². The fourth-order valence-corrected chi connectivity index (χ4v) is 4.43. The van der Waals surface area contributed by atoms with Crippen LogP contribution in [-0.2, 0) is 0 Å². The maximum Gasteiger partial charge on any atom is 0.255 e. The van der Waals surface area contributed by atoms with Crippen molar-refractivity contribution < 1.29 is 4.79 Å². The van der Waals surface area contributed by atoms with Gasteiger partial charge in [0.1, 0.15) is 0 Å². The second kappa shape index (κ2) is 9.82. The molecule has 0 bridgehead atoms. The second-order valence-corrected chi connectivity index (χ2v) is 9.10. The van der Waals surface area contributed by atoms with E-state index in [0.717, 1.165) is 45.3 Å². The van der Waals surface area contributed by atoms with Gasteiger partial charge in [-0.05, 0) is 61.6 Å². The highest BCUT2D eigenvalue weighted by atomic mass is 32.1. The van der Waals surface area contributed by atoms with Gasteiger partial charge in [0.05, 0.1) is 21.8 Å². The highest BCUT2D eigenvalue weighted by molar-refractivity contribution is 7.22. The van der Waals surface area contributed by atoms with Gasteiger partial charge in [-0.1, -0.05) is 41.7 Å². The molecule has 0 saturated carbocycles. The number of nitrogens with zero attached hydrogens (tertiary/aromatic N) is 4. The van der Waals surface area contributed by atoms with Gasteiger partial charge in [0.25, 0.3) is 5.91 Å². The van der Waals surface area contributed by atoms with Crippen LogP contribution < -0.4 is 10.2 Å². The van der Waals surface area contributed by atoms with E-state index in [9.17, 15) is 10.1 Å². The van der Waals surface area contributed by atoms with E-state index >= 15 is 0 Å². The van der Waals surface area contributed by atoms with Crippen molar-refractivity contribution in [1.29, 1.82) is 5.26 Å². The fraction of sp³-hybridized carbons (Fsp3) is 0.192. The standard InChI is InChI=1S/C26H25N5OS/c1-30(2)14-15-31(3)26-29-23-13-12-21(16-24(23)33-26)28-25(32)19-10-8-18(9-11-19)22-7-5-4-6-20(22)17-27/h4-13,16H,14-15H2,1-3H3,(H,28,32). The number of thiazole rings is 1. The molecule has 7 heteroatoms. The number of carbonyl (C=O) groups is 1. The third kappa shape index (κ3) is 5.20. The van der Waals surface area contributed by atoms with Crippen molar-refractivity contribution in [3.63, 3.8) is 0 Å². The molecule has 0 radical (unpaired) electrons. The molecule has 0 unspecified atom stereocenters. The van der Waals surface area contributed by atoms with Gasteiger partial charge in [0.15, 0.2) is 5.13 Å². The van der Waals surface area contributed by atoms with E-state index in [2.05, 4.69) is 35.3 Å². The molecule has 4 aromatic rings. The largest absolute Gasteiger partial charge is 0.350 e. The molecule has 3 aromatic carbocycles. The molecule has 0 fully saturated rings. The molecule has 33 heavy (non-hydrogen) atoms. The van der Waals surface area contributed by atoms with Crippen LogP contribution in [-0.4, -0.2) is 50.0 Å². The first-order valence-electron chi connectivity index (χ1n) is 10.6. The highest BCUT2D eigenvalue weighted by Gasteiger charge is 2.12. The Kier molecular flexibility index (Phi) is 6.68. The van der Waals surface area contributed by atoms with Gasteiger partial charge < -0.3 is 15.1 Å². The van der Waals surface area contributed by atoms with Crippen molar-refractivity contribution in [2.24, 2.45) is 0 Å². The van der Waals surface area contributed by atoms with Crippen molar-refractivity contribution in [2.45, 2.75) is 0 Å². The summed E-state index contributed by atoms with van der Waals surface area (Å²) in [6, 6.07) is 22.7. The normalized spacial score (nSPS) is 10.9. The summed E-state index contributed by atoms with van der Waals surface area (Å²) in [7, 11) is 6.16. The van der Waals surface area contributed by atoms with Crippen LogP contribution in [0.1, 0.15) is 15.9 Å². The van der Waals surface area contributed by atoms with Crippen molar-refractivity contribution >= 4 is 38.3 Å². The van der Waals surface area contributed by atoms with E-state index in [1.807, 2.05) is 55.6 Å². The molecular weight excluding hydrogens is 430 g/mol. The van der Waals surface area contributed by atoms with Gasteiger partial charge in [0.2, 0.25) is 0 Å². The molecular formula is C26H25N5OS. The zero-order valence-electron chi connectivity index (χ0n) is 18.9. The quantitative estimate of drug-likeness (QED) is 0.420. The SMILES string of the molecule is CN(C)CCN(C)c1nc2ccc(NC(=O)c3ccc(-c4ccccc4C#N)cc3)cc2s1. The smallest absolute Gasteiger partial charge is 0.255 e. The van der Waals surface area contributed by atoms with E-state index in [0.29, 0.717) is 11.1 Å². The predicted molar refractivity (Wildman–Crippen MR) is 136 cm³/mol. The number of hydrogen-bond donors (Lipinski definition) is 1. The Bertz CT molecular complexity index is 1320.